The molecule has 2 rings (SSSR count). The van der Waals surface area contributed by atoms with Crippen LogP contribution < -0.4 is 25.1 Å². The van der Waals surface area contributed by atoms with E-state index in [0.29, 0.717) is 23.7 Å². The third-order valence-corrected chi connectivity index (χ3v) is 3.72. The largest absolute Gasteiger partial charge is 0.494 e. The minimum atomic E-state index is -0.836. The molecule has 1 atom stereocenters. The van der Waals surface area contributed by atoms with E-state index in [2.05, 4.69) is 10.9 Å². The van der Waals surface area contributed by atoms with Gasteiger partial charge in [0, 0.05) is 0 Å². The van der Waals surface area contributed by atoms with Crippen LogP contribution in [0, 0.1) is 5.82 Å². The van der Waals surface area contributed by atoms with Crippen molar-refractivity contribution in [1.82, 2.24) is 10.9 Å². The molecule has 0 heterocycles. The van der Waals surface area contributed by atoms with Gasteiger partial charge >= 0.3 is 0 Å². The molecule has 0 unspecified atom stereocenters. The predicted molar refractivity (Wildman–Crippen MR) is 101 cm³/mol. The van der Waals surface area contributed by atoms with Crippen molar-refractivity contribution in [3.8, 4) is 17.2 Å². The van der Waals surface area contributed by atoms with Crippen LogP contribution in [0.2, 0.25) is 0 Å². The lowest BCUT2D eigenvalue weighted by Crippen LogP contribution is -2.47. The van der Waals surface area contributed by atoms with Crippen LogP contribution in [0.15, 0.2) is 42.5 Å². The van der Waals surface area contributed by atoms with Gasteiger partial charge in [0.2, 0.25) is 5.91 Å². The summed E-state index contributed by atoms with van der Waals surface area (Å²) in [6.45, 7) is 3.99. The van der Waals surface area contributed by atoms with Gasteiger partial charge in [0.15, 0.2) is 17.7 Å². The molecule has 2 aromatic carbocycles. The van der Waals surface area contributed by atoms with Crippen molar-refractivity contribution in [2.45, 2.75) is 26.4 Å². The lowest BCUT2D eigenvalue weighted by Gasteiger charge is -2.15. The molecule has 0 aliphatic heterocycles. The smallest absolute Gasteiger partial charge is 0.279 e. The van der Waals surface area contributed by atoms with E-state index in [1.165, 1.54) is 19.2 Å². The van der Waals surface area contributed by atoms with Crippen LogP contribution >= 0.6 is 0 Å². The molecular weight excluding hydrogens is 367 g/mol. The molecule has 2 N–H and O–H groups in total. The first-order valence-electron chi connectivity index (χ1n) is 8.73. The monoisotopic (exact) mass is 390 g/mol. The Bertz CT molecular complexity index is 811. The topological polar surface area (TPSA) is 85.9 Å². The summed E-state index contributed by atoms with van der Waals surface area (Å²) in [5, 5.41) is 0. The maximum atomic E-state index is 13.6. The Labute approximate surface area is 162 Å². The van der Waals surface area contributed by atoms with Gasteiger partial charge in [0.1, 0.15) is 11.5 Å². The standard InChI is InChI=1S/C20H23FN2O5/c1-4-27-15-6-8-16(9-7-15)28-13(2)20(25)23-22-19(24)12-14-5-10-18(26-3)17(21)11-14/h5-11,13H,4,12H2,1-3H3,(H,22,24)(H,23,25)/t13-/m1/s1. The van der Waals surface area contributed by atoms with Crippen LogP contribution in [0.4, 0.5) is 4.39 Å². The Morgan fingerprint density at radius 2 is 1.75 bits per heavy atom. The van der Waals surface area contributed by atoms with Crippen LogP contribution in [0.25, 0.3) is 0 Å². The highest BCUT2D eigenvalue weighted by atomic mass is 19.1. The zero-order valence-electron chi connectivity index (χ0n) is 16.0. The zero-order chi connectivity index (χ0) is 20.5. The Balaban J connectivity index is 1.80. The highest BCUT2D eigenvalue weighted by Crippen LogP contribution is 2.19. The van der Waals surface area contributed by atoms with Gasteiger partial charge in [-0.15, -0.1) is 0 Å². The van der Waals surface area contributed by atoms with Crippen molar-refractivity contribution < 1.29 is 28.2 Å². The van der Waals surface area contributed by atoms with Crippen molar-refractivity contribution in [3.05, 3.63) is 53.8 Å². The predicted octanol–water partition coefficient (Wildman–Crippen LogP) is 2.39. The van der Waals surface area contributed by atoms with E-state index < -0.39 is 23.7 Å². The van der Waals surface area contributed by atoms with E-state index in [4.69, 9.17) is 14.2 Å². The van der Waals surface area contributed by atoms with Crippen molar-refractivity contribution in [3.63, 3.8) is 0 Å². The Morgan fingerprint density at radius 3 is 2.36 bits per heavy atom. The molecule has 0 bridgehead atoms. The number of rotatable bonds is 8. The fraction of sp³-hybridized carbons (Fsp3) is 0.300. The molecule has 7 nitrogen and oxygen atoms in total. The second kappa shape index (κ2) is 10.1. The minimum absolute atomic E-state index is 0.0951. The molecule has 0 aliphatic rings. The molecule has 0 aromatic heterocycles. The quantitative estimate of drug-likeness (QED) is 0.676. The summed E-state index contributed by atoms with van der Waals surface area (Å²) in [5.74, 6) is -0.290. The average Bonchev–Trinajstić information content (AvgIpc) is 2.68. The van der Waals surface area contributed by atoms with Crippen LogP contribution in [0.3, 0.4) is 0 Å². The highest BCUT2D eigenvalue weighted by molar-refractivity contribution is 5.85. The third-order valence-electron chi connectivity index (χ3n) is 3.72. The Kier molecular flexibility index (Phi) is 7.62. The molecular formula is C20H23FN2O5. The molecule has 0 saturated carbocycles. The molecule has 8 heteroatoms. The number of carbonyl (C=O) groups excluding carboxylic acids is 2. The van der Waals surface area contributed by atoms with Crippen LogP contribution in [0.1, 0.15) is 19.4 Å². The summed E-state index contributed by atoms with van der Waals surface area (Å²) in [5.41, 5.74) is 5.01. The maximum absolute atomic E-state index is 13.6. The number of hydrogen-bond donors (Lipinski definition) is 2. The number of amides is 2. The van der Waals surface area contributed by atoms with Gasteiger partial charge in [-0.25, -0.2) is 4.39 Å². The van der Waals surface area contributed by atoms with Gasteiger partial charge in [-0.05, 0) is 55.8 Å². The molecule has 2 aromatic rings. The number of hydrazine groups is 1. The van der Waals surface area contributed by atoms with Crippen molar-refractivity contribution >= 4 is 11.8 Å². The van der Waals surface area contributed by atoms with Gasteiger partial charge in [-0.3, -0.25) is 20.4 Å². The van der Waals surface area contributed by atoms with E-state index in [-0.39, 0.29) is 12.2 Å². The Morgan fingerprint density at radius 1 is 1.07 bits per heavy atom. The molecule has 0 aliphatic carbocycles. The average molecular weight is 390 g/mol. The molecule has 0 spiro atoms. The maximum Gasteiger partial charge on any atom is 0.279 e. The number of nitrogens with one attached hydrogen (secondary N) is 2. The van der Waals surface area contributed by atoms with Crippen molar-refractivity contribution in [2.24, 2.45) is 0 Å². The van der Waals surface area contributed by atoms with Crippen LogP contribution in [0.5, 0.6) is 17.2 Å². The number of methoxy groups -OCH3 is 1. The lowest BCUT2D eigenvalue weighted by atomic mass is 10.1. The highest BCUT2D eigenvalue weighted by Gasteiger charge is 2.16. The van der Waals surface area contributed by atoms with E-state index in [1.54, 1.807) is 37.3 Å². The summed E-state index contributed by atoms with van der Waals surface area (Å²) < 4.78 is 29.3. The van der Waals surface area contributed by atoms with Crippen LogP contribution in [-0.2, 0) is 16.0 Å². The number of halogens is 1. The minimum Gasteiger partial charge on any atom is -0.494 e. The second-order valence-electron chi connectivity index (χ2n) is 5.85. The van der Waals surface area contributed by atoms with Gasteiger partial charge in [0.05, 0.1) is 20.1 Å². The lowest BCUT2D eigenvalue weighted by molar-refractivity contribution is -0.132. The fourth-order valence-electron chi connectivity index (χ4n) is 2.32. The SMILES string of the molecule is CCOc1ccc(O[C@H](C)C(=O)NNC(=O)Cc2ccc(OC)c(F)c2)cc1. The van der Waals surface area contributed by atoms with E-state index in [1.807, 2.05) is 6.92 Å². The summed E-state index contributed by atoms with van der Waals surface area (Å²) in [6, 6.07) is 11.1. The molecule has 28 heavy (non-hydrogen) atoms. The molecule has 2 amide bonds. The summed E-state index contributed by atoms with van der Waals surface area (Å²) in [4.78, 5) is 24.0. The molecule has 0 fully saturated rings. The number of benzene rings is 2. The number of carbonyl (C=O) groups is 2. The molecule has 150 valence electrons. The Hall–Kier alpha value is -3.29. The third kappa shape index (κ3) is 6.15. The van der Waals surface area contributed by atoms with E-state index in [0.717, 1.165) is 0 Å². The fourth-order valence-corrected chi connectivity index (χ4v) is 2.32. The molecule has 0 radical (unpaired) electrons. The summed E-state index contributed by atoms with van der Waals surface area (Å²) in [7, 11) is 1.36. The number of hydrogen-bond acceptors (Lipinski definition) is 5. The van der Waals surface area contributed by atoms with Crippen LogP contribution in [-0.4, -0.2) is 31.6 Å². The van der Waals surface area contributed by atoms with Crippen molar-refractivity contribution in [1.29, 1.82) is 0 Å². The van der Waals surface area contributed by atoms with E-state index >= 15 is 0 Å². The van der Waals surface area contributed by atoms with Gasteiger partial charge < -0.3 is 14.2 Å². The zero-order valence-corrected chi connectivity index (χ0v) is 16.0. The second-order valence-corrected chi connectivity index (χ2v) is 5.85. The normalized spacial score (nSPS) is 11.3. The van der Waals surface area contributed by atoms with E-state index in [9.17, 15) is 14.0 Å². The number of ether oxygens (including phenoxy) is 3. The van der Waals surface area contributed by atoms with Gasteiger partial charge in [-0.2, -0.15) is 0 Å². The summed E-state index contributed by atoms with van der Waals surface area (Å²) in [6.07, 6.45) is -0.938. The first-order chi connectivity index (χ1) is 13.4. The molecule has 0 saturated heterocycles. The summed E-state index contributed by atoms with van der Waals surface area (Å²) >= 11 is 0. The first-order valence-corrected chi connectivity index (χ1v) is 8.73. The van der Waals surface area contributed by atoms with Gasteiger partial charge in [-0.1, -0.05) is 6.07 Å². The first kappa shape index (κ1) is 21.0. The van der Waals surface area contributed by atoms with Gasteiger partial charge in [0.25, 0.3) is 5.91 Å². The van der Waals surface area contributed by atoms with Crippen molar-refractivity contribution in [2.75, 3.05) is 13.7 Å².